The minimum Gasteiger partial charge on any atom is -0.464 e. The molecule has 3 heteroatoms. The zero-order valence-electron chi connectivity index (χ0n) is 16.6. The second kappa shape index (κ2) is 6.93. The van der Waals surface area contributed by atoms with E-state index < -0.39 is 0 Å². The normalized spacial score (nSPS) is 27.5. The average Bonchev–Trinajstić information content (AvgIpc) is 3.20. The van der Waals surface area contributed by atoms with Crippen molar-refractivity contribution in [3.63, 3.8) is 0 Å². The number of piperidine rings is 3. The van der Waals surface area contributed by atoms with Gasteiger partial charge in [0.15, 0.2) is 6.23 Å². The molecule has 0 amide bonds. The van der Waals surface area contributed by atoms with Crippen molar-refractivity contribution in [2.45, 2.75) is 25.1 Å². The molecule has 2 atom stereocenters. The van der Waals surface area contributed by atoms with E-state index in [1.807, 2.05) is 0 Å². The molecule has 3 nitrogen and oxygen atoms in total. The highest BCUT2D eigenvalue weighted by Gasteiger charge is 2.44. The minimum absolute atomic E-state index is 0.0391. The molecule has 4 aliphatic heterocycles. The van der Waals surface area contributed by atoms with Crippen LogP contribution in [0.4, 0.5) is 5.69 Å². The molecular weight excluding hydrogens is 356 g/mol. The van der Waals surface area contributed by atoms with E-state index in [1.165, 1.54) is 48.3 Å². The Morgan fingerprint density at radius 3 is 2.14 bits per heavy atom. The second-order valence-corrected chi connectivity index (χ2v) is 8.54. The number of anilines is 1. The van der Waals surface area contributed by atoms with Crippen molar-refractivity contribution in [2.75, 3.05) is 24.5 Å². The summed E-state index contributed by atoms with van der Waals surface area (Å²) in [5, 5.41) is 0. The Kier molecular flexibility index (Phi) is 4.09. The maximum Gasteiger partial charge on any atom is 0.199 e. The molecule has 3 saturated heterocycles. The molecule has 0 radical (unpaired) electrons. The molecule has 3 fully saturated rings. The van der Waals surface area contributed by atoms with Crippen LogP contribution < -0.4 is 9.64 Å². The van der Waals surface area contributed by atoms with Gasteiger partial charge in [0.05, 0.1) is 5.69 Å². The van der Waals surface area contributed by atoms with Gasteiger partial charge in [-0.15, -0.1) is 0 Å². The number of hydrogen-bond donors (Lipinski definition) is 0. The summed E-state index contributed by atoms with van der Waals surface area (Å²) in [5.41, 5.74) is 4.99. The van der Waals surface area contributed by atoms with Gasteiger partial charge in [0.1, 0.15) is 5.75 Å². The maximum atomic E-state index is 6.52. The third-order valence-corrected chi connectivity index (χ3v) is 6.92. The fourth-order valence-corrected chi connectivity index (χ4v) is 5.37. The van der Waals surface area contributed by atoms with Crippen LogP contribution in [0.15, 0.2) is 78.9 Å². The molecule has 146 valence electrons. The Labute approximate surface area is 172 Å². The third-order valence-electron chi connectivity index (χ3n) is 6.92. The van der Waals surface area contributed by atoms with Crippen LogP contribution in [0.2, 0.25) is 0 Å². The summed E-state index contributed by atoms with van der Waals surface area (Å²) in [6.45, 7) is 3.67. The Morgan fingerprint density at radius 1 is 0.724 bits per heavy atom. The summed E-state index contributed by atoms with van der Waals surface area (Å²) in [4.78, 5) is 5.20. The highest BCUT2D eigenvalue weighted by atomic mass is 16.5. The molecule has 7 rings (SSSR count). The fraction of sp³-hybridized carbons (Fsp3) is 0.308. The zero-order chi connectivity index (χ0) is 19.2. The van der Waals surface area contributed by atoms with Crippen molar-refractivity contribution in [2.24, 2.45) is 5.92 Å². The molecular formula is C26H26N2O. The molecule has 2 unspecified atom stereocenters. The van der Waals surface area contributed by atoms with Crippen molar-refractivity contribution >= 4 is 5.69 Å². The highest BCUT2D eigenvalue weighted by molar-refractivity contribution is 5.66. The van der Waals surface area contributed by atoms with E-state index >= 15 is 0 Å². The number of para-hydroxylation sites is 2. The van der Waals surface area contributed by atoms with Crippen LogP contribution >= 0.6 is 0 Å². The van der Waals surface area contributed by atoms with Gasteiger partial charge < -0.3 is 14.5 Å². The average molecular weight is 383 g/mol. The lowest BCUT2D eigenvalue weighted by molar-refractivity contribution is 0.0700. The quantitative estimate of drug-likeness (QED) is 0.608. The first kappa shape index (κ1) is 17.1. The number of fused-ring (bicyclic) bond motifs is 4. The van der Waals surface area contributed by atoms with Crippen molar-refractivity contribution in [1.82, 2.24) is 4.90 Å². The van der Waals surface area contributed by atoms with Crippen molar-refractivity contribution in [1.29, 1.82) is 0 Å². The van der Waals surface area contributed by atoms with Gasteiger partial charge in [-0.25, -0.2) is 0 Å². The molecule has 29 heavy (non-hydrogen) atoms. The number of benzene rings is 3. The largest absolute Gasteiger partial charge is 0.464 e. The summed E-state index contributed by atoms with van der Waals surface area (Å²) < 4.78 is 6.52. The van der Waals surface area contributed by atoms with E-state index in [1.54, 1.807) is 0 Å². The van der Waals surface area contributed by atoms with Gasteiger partial charge in [-0.1, -0.05) is 66.7 Å². The summed E-state index contributed by atoms with van der Waals surface area (Å²) in [5.74, 6) is 1.78. The lowest BCUT2D eigenvalue weighted by Crippen LogP contribution is -2.57. The molecule has 2 bridgehead atoms. The van der Waals surface area contributed by atoms with Crippen LogP contribution in [-0.2, 0) is 0 Å². The van der Waals surface area contributed by atoms with Crippen LogP contribution in [0.1, 0.15) is 24.6 Å². The molecule has 4 heterocycles. The first-order chi connectivity index (χ1) is 14.4. The molecule has 3 aromatic carbocycles. The Bertz CT molecular complexity index is 993. The van der Waals surface area contributed by atoms with Gasteiger partial charge in [0.25, 0.3) is 0 Å². The van der Waals surface area contributed by atoms with E-state index in [4.69, 9.17) is 4.74 Å². The first-order valence-electron chi connectivity index (χ1n) is 10.8. The SMILES string of the molecule is c1ccc(-c2ccc(C3Oc4ccccc4N3C3CN4CCC3CC4)cc2)cc1. The van der Waals surface area contributed by atoms with Gasteiger partial charge in [-0.3, -0.25) is 0 Å². The number of ether oxygens (including phenoxy) is 1. The zero-order valence-corrected chi connectivity index (χ0v) is 16.6. The van der Waals surface area contributed by atoms with Crippen molar-refractivity contribution in [3.8, 4) is 16.9 Å². The van der Waals surface area contributed by atoms with E-state index in [9.17, 15) is 0 Å². The smallest absolute Gasteiger partial charge is 0.199 e. The van der Waals surface area contributed by atoms with E-state index in [-0.39, 0.29) is 6.23 Å². The monoisotopic (exact) mass is 382 g/mol. The molecule has 3 aromatic rings. The van der Waals surface area contributed by atoms with E-state index in [0.717, 1.165) is 18.2 Å². The topological polar surface area (TPSA) is 15.7 Å². The van der Waals surface area contributed by atoms with Gasteiger partial charge in [0.2, 0.25) is 0 Å². The predicted octanol–water partition coefficient (Wildman–Crippen LogP) is 5.35. The standard InChI is InChI=1S/C26H26N2O/c1-2-6-19(7-3-1)20-10-12-22(13-11-20)26-28(23-8-4-5-9-25(23)29-26)24-18-27-16-14-21(24)15-17-27/h1-13,21,24,26H,14-18H2. The van der Waals surface area contributed by atoms with Crippen LogP contribution in [0, 0.1) is 5.92 Å². The molecule has 0 aliphatic carbocycles. The summed E-state index contributed by atoms with van der Waals surface area (Å²) in [6.07, 6.45) is 2.58. The number of hydrogen-bond acceptors (Lipinski definition) is 3. The lowest BCUT2D eigenvalue weighted by Gasteiger charge is -2.49. The lowest BCUT2D eigenvalue weighted by atomic mass is 9.82. The van der Waals surface area contributed by atoms with Crippen LogP contribution in [-0.4, -0.2) is 30.6 Å². The van der Waals surface area contributed by atoms with Gasteiger partial charge in [-0.2, -0.15) is 0 Å². The third kappa shape index (κ3) is 2.92. The van der Waals surface area contributed by atoms with Gasteiger partial charge in [-0.05, 0) is 55.1 Å². The minimum atomic E-state index is -0.0391. The van der Waals surface area contributed by atoms with Gasteiger partial charge in [0, 0.05) is 18.2 Å². The molecule has 4 aliphatic rings. The number of rotatable bonds is 3. The van der Waals surface area contributed by atoms with Gasteiger partial charge >= 0.3 is 0 Å². The van der Waals surface area contributed by atoms with E-state index in [2.05, 4.69) is 88.7 Å². The molecule has 0 N–H and O–H groups in total. The molecule has 0 saturated carbocycles. The van der Waals surface area contributed by atoms with Crippen molar-refractivity contribution < 1.29 is 4.74 Å². The Hall–Kier alpha value is -2.78. The maximum absolute atomic E-state index is 6.52. The van der Waals surface area contributed by atoms with Crippen LogP contribution in [0.5, 0.6) is 5.75 Å². The molecule has 0 spiro atoms. The second-order valence-electron chi connectivity index (χ2n) is 8.54. The van der Waals surface area contributed by atoms with Crippen LogP contribution in [0.3, 0.4) is 0 Å². The van der Waals surface area contributed by atoms with Crippen molar-refractivity contribution in [3.05, 3.63) is 84.4 Å². The predicted molar refractivity (Wildman–Crippen MR) is 117 cm³/mol. The summed E-state index contributed by atoms with van der Waals surface area (Å²) in [6, 6.07) is 28.6. The van der Waals surface area contributed by atoms with E-state index in [0.29, 0.717) is 6.04 Å². The highest BCUT2D eigenvalue weighted by Crippen LogP contribution is 2.48. The Balaban J connectivity index is 1.36. The fourth-order valence-electron chi connectivity index (χ4n) is 5.37. The van der Waals surface area contributed by atoms with Crippen LogP contribution in [0.25, 0.3) is 11.1 Å². The Morgan fingerprint density at radius 2 is 1.41 bits per heavy atom. The first-order valence-corrected chi connectivity index (χ1v) is 10.8. The molecule has 0 aromatic heterocycles. The summed E-state index contributed by atoms with van der Waals surface area (Å²) >= 11 is 0. The number of nitrogens with zero attached hydrogens (tertiary/aromatic N) is 2. The summed E-state index contributed by atoms with van der Waals surface area (Å²) in [7, 11) is 0.